The summed E-state index contributed by atoms with van der Waals surface area (Å²) in [4.78, 5) is 22.1. The van der Waals surface area contributed by atoms with Crippen LogP contribution < -0.4 is 10.5 Å². The largest absolute Gasteiger partial charge is 0.485 e. The number of halogens is 1. The van der Waals surface area contributed by atoms with E-state index < -0.39 is 17.7 Å². The average molecular weight is 293 g/mol. The van der Waals surface area contributed by atoms with Crippen LogP contribution in [0.15, 0.2) is 28.7 Å². The van der Waals surface area contributed by atoms with Gasteiger partial charge in [-0.25, -0.2) is 9.18 Å². The number of hydrogen-bond acceptors (Lipinski definition) is 4. The van der Waals surface area contributed by atoms with Gasteiger partial charge in [0.05, 0.1) is 0 Å². The molecule has 1 amide bonds. The van der Waals surface area contributed by atoms with E-state index in [-0.39, 0.29) is 35.0 Å². The molecule has 21 heavy (non-hydrogen) atoms. The molecule has 0 unspecified atom stereocenters. The van der Waals surface area contributed by atoms with Crippen molar-refractivity contribution in [3.8, 4) is 5.75 Å². The number of amides is 1. The zero-order valence-electron chi connectivity index (χ0n) is 11.1. The van der Waals surface area contributed by atoms with E-state index in [0.717, 1.165) is 6.07 Å². The quantitative estimate of drug-likeness (QED) is 0.878. The molecule has 7 heteroatoms. The van der Waals surface area contributed by atoms with E-state index in [0.29, 0.717) is 0 Å². The van der Waals surface area contributed by atoms with Crippen molar-refractivity contribution in [3.05, 3.63) is 52.7 Å². The molecule has 0 atom stereocenters. The van der Waals surface area contributed by atoms with Gasteiger partial charge in [-0.3, -0.25) is 4.79 Å². The maximum atomic E-state index is 13.5. The van der Waals surface area contributed by atoms with Gasteiger partial charge in [0.25, 0.3) is 5.91 Å². The molecule has 2 rings (SSSR count). The fraction of sp³-hybridized carbons (Fsp3) is 0.143. The summed E-state index contributed by atoms with van der Waals surface area (Å²) in [6.45, 7) is 1.35. The van der Waals surface area contributed by atoms with Gasteiger partial charge in [0, 0.05) is 0 Å². The van der Waals surface area contributed by atoms with Gasteiger partial charge >= 0.3 is 5.97 Å². The van der Waals surface area contributed by atoms with Crippen LogP contribution in [0.2, 0.25) is 0 Å². The first-order valence-corrected chi connectivity index (χ1v) is 5.94. The summed E-state index contributed by atoms with van der Waals surface area (Å²) in [5.74, 6) is -2.42. The van der Waals surface area contributed by atoms with Crippen molar-refractivity contribution in [1.82, 2.24) is 0 Å². The molecule has 0 aliphatic carbocycles. The third kappa shape index (κ3) is 3.02. The van der Waals surface area contributed by atoms with Crippen molar-refractivity contribution >= 4 is 11.9 Å². The summed E-state index contributed by atoms with van der Waals surface area (Å²) in [5, 5.41) is 8.91. The summed E-state index contributed by atoms with van der Waals surface area (Å²) in [5.41, 5.74) is 4.75. The lowest BCUT2D eigenvalue weighted by Gasteiger charge is -2.08. The number of furan rings is 1. The van der Waals surface area contributed by atoms with Gasteiger partial charge in [-0.05, 0) is 25.1 Å². The van der Waals surface area contributed by atoms with Gasteiger partial charge in [-0.2, -0.15) is 0 Å². The van der Waals surface area contributed by atoms with Gasteiger partial charge in [0.2, 0.25) is 0 Å². The molecular formula is C14H12FNO5. The lowest BCUT2D eigenvalue weighted by molar-refractivity contribution is 0.0694. The number of carboxylic acids is 1. The maximum Gasteiger partial charge on any atom is 0.339 e. The molecule has 3 N–H and O–H groups in total. The highest BCUT2D eigenvalue weighted by Gasteiger charge is 2.17. The summed E-state index contributed by atoms with van der Waals surface area (Å²) in [7, 11) is 0. The van der Waals surface area contributed by atoms with Crippen LogP contribution in [0.1, 0.15) is 32.2 Å². The number of aromatic carboxylic acids is 1. The highest BCUT2D eigenvalue weighted by molar-refractivity contribution is 5.95. The van der Waals surface area contributed by atoms with E-state index in [1.165, 1.54) is 25.1 Å². The van der Waals surface area contributed by atoms with Crippen LogP contribution >= 0.6 is 0 Å². The van der Waals surface area contributed by atoms with Gasteiger partial charge in [0.15, 0.2) is 0 Å². The van der Waals surface area contributed by atoms with Crippen LogP contribution in [-0.4, -0.2) is 17.0 Å². The normalized spacial score (nSPS) is 10.4. The number of hydrogen-bond donors (Lipinski definition) is 2. The van der Waals surface area contributed by atoms with Gasteiger partial charge < -0.3 is 20.0 Å². The Morgan fingerprint density at radius 2 is 2.14 bits per heavy atom. The fourth-order valence-electron chi connectivity index (χ4n) is 1.84. The Hall–Kier alpha value is -2.83. The highest BCUT2D eigenvalue weighted by Crippen LogP contribution is 2.23. The number of ether oxygens (including phenoxy) is 1. The fourth-order valence-corrected chi connectivity index (χ4v) is 1.84. The number of benzene rings is 1. The summed E-state index contributed by atoms with van der Waals surface area (Å²) in [6, 6.07) is 5.15. The predicted molar refractivity (Wildman–Crippen MR) is 69.7 cm³/mol. The number of aryl methyl sites for hydroxylation is 1. The molecule has 0 aliphatic heterocycles. The van der Waals surface area contributed by atoms with Crippen molar-refractivity contribution in [2.45, 2.75) is 13.5 Å². The molecule has 0 spiro atoms. The second-order valence-electron chi connectivity index (χ2n) is 4.25. The first kappa shape index (κ1) is 14.6. The first-order valence-electron chi connectivity index (χ1n) is 5.94. The second-order valence-corrected chi connectivity index (χ2v) is 4.25. The Morgan fingerprint density at radius 1 is 1.43 bits per heavy atom. The summed E-state index contributed by atoms with van der Waals surface area (Å²) < 4.78 is 24.0. The minimum Gasteiger partial charge on any atom is -0.485 e. The van der Waals surface area contributed by atoms with Crippen LogP contribution in [0.25, 0.3) is 0 Å². The molecule has 0 aliphatic rings. The molecule has 0 fully saturated rings. The summed E-state index contributed by atoms with van der Waals surface area (Å²) >= 11 is 0. The lowest BCUT2D eigenvalue weighted by atomic mass is 10.2. The number of rotatable bonds is 5. The standard InChI is InChI=1S/C14H12FNO5/c1-7-9(14(18)19)5-8(21-7)6-20-11-4-2-3-10(15)12(11)13(16)17/h2-5H,6H2,1H3,(H2,16,17)(H,18,19). The minimum atomic E-state index is -1.12. The number of carboxylic acid groups (broad SMARTS) is 1. The van der Waals surface area contributed by atoms with Crippen LogP contribution in [0, 0.1) is 12.7 Å². The molecule has 6 nitrogen and oxygen atoms in total. The zero-order chi connectivity index (χ0) is 15.6. The topological polar surface area (TPSA) is 103 Å². The van der Waals surface area contributed by atoms with Crippen LogP contribution in [0.3, 0.4) is 0 Å². The van der Waals surface area contributed by atoms with E-state index in [4.69, 9.17) is 20.0 Å². The molecule has 0 bridgehead atoms. The maximum absolute atomic E-state index is 13.5. The molecule has 0 saturated heterocycles. The Morgan fingerprint density at radius 3 is 2.71 bits per heavy atom. The third-order valence-electron chi connectivity index (χ3n) is 2.79. The van der Waals surface area contributed by atoms with Crippen LogP contribution in [0.4, 0.5) is 4.39 Å². The molecule has 1 aromatic heterocycles. The lowest BCUT2D eigenvalue weighted by Crippen LogP contribution is -2.15. The summed E-state index contributed by atoms with van der Waals surface area (Å²) in [6.07, 6.45) is 0. The van der Waals surface area contributed by atoms with E-state index in [2.05, 4.69) is 0 Å². The highest BCUT2D eigenvalue weighted by atomic mass is 19.1. The molecule has 110 valence electrons. The molecule has 0 saturated carbocycles. The van der Waals surface area contributed by atoms with Crippen LogP contribution in [0.5, 0.6) is 5.75 Å². The zero-order valence-corrected chi connectivity index (χ0v) is 11.1. The molecular weight excluding hydrogens is 281 g/mol. The van der Waals surface area contributed by atoms with Gasteiger partial charge in [0.1, 0.15) is 40.8 Å². The van der Waals surface area contributed by atoms with Crippen molar-refractivity contribution in [3.63, 3.8) is 0 Å². The average Bonchev–Trinajstić information content (AvgIpc) is 2.77. The SMILES string of the molecule is Cc1oc(COc2cccc(F)c2C(N)=O)cc1C(=O)O. The Kier molecular flexibility index (Phi) is 3.93. The molecule has 1 aromatic carbocycles. The van der Waals surface area contributed by atoms with Crippen molar-refractivity contribution in [2.24, 2.45) is 5.73 Å². The number of carbonyl (C=O) groups excluding carboxylic acids is 1. The monoisotopic (exact) mass is 293 g/mol. The van der Waals surface area contributed by atoms with Crippen molar-refractivity contribution < 1.29 is 28.2 Å². The smallest absolute Gasteiger partial charge is 0.339 e. The van der Waals surface area contributed by atoms with E-state index >= 15 is 0 Å². The van der Waals surface area contributed by atoms with Gasteiger partial charge in [-0.15, -0.1) is 0 Å². The number of primary amides is 1. The minimum absolute atomic E-state index is 0.0166. The third-order valence-corrected chi connectivity index (χ3v) is 2.79. The molecule has 2 aromatic rings. The number of carbonyl (C=O) groups is 2. The Bertz CT molecular complexity index is 707. The van der Waals surface area contributed by atoms with E-state index in [1.807, 2.05) is 0 Å². The van der Waals surface area contributed by atoms with Gasteiger partial charge in [-0.1, -0.05) is 6.07 Å². The molecule has 0 radical (unpaired) electrons. The van der Waals surface area contributed by atoms with Crippen LogP contribution in [-0.2, 0) is 6.61 Å². The van der Waals surface area contributed by atoms with E-state index in [1.54, 1.807) is 0 Å². The van der Waals surface area contributed by atoms with Crippen molar-refractivity contribution in [2.75, 3.05) is 0 Å². The predicted octanol–water partition coefficient (Wildman–Crippen LogP) is 2.10. The molecule has 1 heterocycles. The Balaban J connectivity index is 2.21. The first-order chi connectivity index (χ1) is 9.90. The number of nitrogens with two attached hydrogens (primary N) is 1. The van der Waals surface area contributed by atoms with E-state index in [9.17, 15) is 14.0 Å². The second kappa shape index (κ2) is 5.66. The van der Waals surface area contributed by atoms with Crippen molar-refractivity contribution in [1.29, 1.82) is 0 Å². The Labute approximate surface area is 118 Å².